The second-order valence-electron chi connectivity index (χ2n) is 8.74. The molecule has 0 N–H and O–H groups in total. The van der Waals surface area contributed by atoms with Crippen molar-refractivity contribution in [2.75, 3.05) is 27.8 Å². The first-order valence-corrected chi connectivity index (χ1v) is 11.9. The minimum atomic E-state index is -0.0651. The van der Waals surface area contributed by atoms with Gasteiger partial charge in [-0.05, 0) is 49.2 Å². The maximum Gasteiger partial charge on any atom is 0.257 e. The van der Waals surface area contributed by atoms with E-state index >= 15 is 0 Å². The Morgan fingerprint density at radius 2 is 1.94 bits per heavy atom. The zero-order valence-electron chi connectivity index (χ0n) is 20.6. The fraction of sp³-hybridized carbons (Fsp3) is 0.296. The summed E-state index contributed by atoms with van der Waals surface area (Å²) in [7, 11) is 5.05. The molecule has 1 fully saturated rings. The predicted octanol–water partition coefficient (Wildman–Crippen LogP) is 3.93. The number of ether oxygens (including phenoxy) is 2. The molecule has 1 aliphatic rings. The fourth-order valence-corrected chi connectivity index (χ4v) is 4.18. The summed E-state index contributed by atoms with van der Waals surface area (Å²) in [6.07, 6.45) is 7.79. The van der Waals surface area contributed by atoms with Gasteiger partial charge in [-0.1, -0.05) is 6.07 Å². The van der Waals surface area contributed by atoms with E-state index < -0.39 is 0 Å². The van der Waals surface area contributed by atoms with E-state index in [1.54, 1.807) is 42.4 Å². The Kier molecular flexibility index (Phi) is 6.62. The minimum absolute atomic E-state index is 0.0651. The van der Waals surface area contributed by atoms with Crippen molar-refractivity contribution in [3.63, 3.8) is 0 Å². The summed E-state index contributed by atoms with van der Waals surface area (Å²) in [6.45, 7) is 0.562. The number of rotatable bonds is 9. The molecule has 9 heteroatoms. The van der Waals surface area contributed by atoms with Crippen LogP contribution in [-0.2, 0) is 6.42 Å². The Hall–Kier alpha value is -4.27. The van der Waals surface area contributed by atoms with Crippen LogP contribution in [0.25, 0.3) is 17.2 Å². The van der Waals surface area contributed by atoms with Crippen molar-refractivity contribution < 1.29 is 14.3 Å². The Labute approximate surface area is 209 Å². The molecule has 36 heavy (non-hydrogen) atoms. The van der Waals surface area contributed by atoms with Gasteiger partial charge in [-0.3, -0.25) is 9.78 Å². The van der Waals surface area contributed by atoms with Crippen LogP contribution in [0, 0.1) is 0 Å². The molecule has 0 aliphatic heterocycles. The molecule has 0 saturated heterocycles. The van der Waals surface area contributed by atoms with Crippen molar-refractivity contribution in [1.82, 2.24) is 29.6 Å². The van der Waals surface area contributed by atoms with Gasteiger partial charge in [0.1, 0.15) is 11.5 Å². The smallest absolute Gasteiger partial charge is 0.257 e. The van der Waals surface area contributed by atoms with E-state index in [9.17, 15) is 4.79 Å². The van der Waals surface area contributed by atoms with Crippen molar-refractivity contribution >= 4 is 5.91 Å². The van der Waals surface area contributed by atoms with Crippen molar-refractivity contribution in [2.24, 2.45) is 0 Å². The van der Waals surface area contributed by atoms with Crippen LogP contribution in [0.1, 0.15) is 40.5 Å². The largest absolute Gasteiger partial charge is 0.497 e. The van der Waals surface area contributed by atoms with E-state index in [1.165, 1.54) is 0 Å². The van der Waals surface area contributed by atoms with Crippen molar-refractivity contribution in [3.8, 4) is 28.7 Å². The van der Waals surface area contributed by atoms with Gasteiger partial charge in [0.2, 0.25) is 0 Å². The van der Waals surface area contributed by atoms with E-state index in [4.69, 9.17) is 14.5 Å². The van der Waals surface area contributed by atoms with Gasteiger partial charge in [-0.15, -0.1) is 0 Å². The molecule has 9 nitrogen and oxygen atoms in total. The maximum atomic E-state index is 13.4. The van der Waals surface area contributed by atoms with Gasteiger partial charge in [-0.2, -0.15) is 5.10 Å². The lowest BCUT2D eigenvalue weighted by Gasteiger charge is -2.17. The van der Waals surface area contributed by atoms with E-state index in [-0.39, 0.29) is 11.8 Å². The molecule has 1 aliphatic carbocycles. The Bertz CT molecular complexity index is 1370. The van der Waals surface area contributed by atoms with E-state index in [2.05, 4.69) is 15.1 Å². The van der Waals surface area contributed by atoms with E-state index in [0.717, 1.165) is 29.8 Å². The van der Waals surface area contributed by atoms with Crippen LogP contribution in [0.2, 0.25) is 0 Å². The van der Waals surface area contributed by atoms with E-state index in [0.29, 0.717) is 41.7 Å². The average Bonchev–Trinajstić information content (AvgIpc) is 3.68. The van der Waals surface area contributed by atoms with Gasteiger partial charge in [0, 0.05) is 49.6 Å². The third-order valence-corrected chi connectivity index (χ3v) is 6.29. The van der Waals surface area contributed by atoms with Crippen LogP contribution in [0.15, 0.2) is 61.1 Å². The molecule has 3 aromatic heterocycles. The monoisotopic (exact) mass is 484 g/mol. The highest BCUT2D eigenvalue weighted by molar-refractivity contribution is 5.95. The summed E-state index contributed by atoms with van der Waals surface area (Å²) < 4.78 is 12.6. The molecule has 0 radical (unpaired) electrons. The number of benzene rings is 1. The van der Waals surface area contributed by atoms with Crippen LogP contribution >= 0.6 is 0 Å². The summed E-state index contributed by atoms with van der Waals surface area (Å²) in [4.78, 5) is 28.7. The molecular weight excluding hydrogens is 456 g/mol. The SMILES string of the molecule is COc1ccc(OC)c(-c2ccnc(-n3ncc(C(=O)N(C)CCc4ccccn4)c3C3CC3)n2)c1. The maximum absolute atomic E-state index is 13.4. The van der Waals surface area contributed by atoms with Crippen LogP contribution in [-0.4, -0.2) is 63.4 Å². The van der Waals surface area contributed by atoms with Gasteiger partial charge < -0.3 is 14.4 Å². The average molecular weight is 485 g/mol. The van der Waals surface area contributed by atoms with Gasteiger partial charge >= 0.3 is 0 Å². The van der Waals surface area contributed by atoms with Gasteiger partial charge in [0.05, 0.1) is 37.4 Å². The molecule has 4 aromatic rings. The Balaban J connectivity index is 1.45. The van der Waals surface area contributed by atoms with Gasteiger partial charge in [0.25, 0.3) is 11.9 Å². The van der Waals surface area contributed by atoms with Gasteiger partial charge in [0.15, 0.2) is 0 Å². The normalized spacial score (nSPS) is 12.9. The number of nitrogens with zero attached hydrogens (tertiary/aromatic N) is 6. The number of methoxy groups -OCH3 is 2. The molecule has 1 aromatic carbocycles. The fourth-order valence-electron chi connectivity index (χ4n) is 4.18. The van der Waals surface area contributed by atoms with Crippen LogP contribution in [0.3, 0.4) is 0 Å². The summed E-state index contributed by atoms with van der Waals surface area (Å²) in [5.41, 5.74) is 3.86. The lowest BCUT2D eigenvalue weighted by Crippen LogP contribution is -2.29. The topological polar surface area (TPSA) is 95.3 Å². The quantitative estimate of drug-likeness (QED) is 0.355. The first-order valence-electron chi connectivity index (χ1n) is 11.9. The third kappa shape index (κ3) is 4.77. The van der Waals surface area contributed by atoms with Gasteiger partial charge in [-0.25, -0.2) is 14.6 Å². The summed E-state index contributed by atoms with van der Waals surface area (Å²) >= 11 is 0. The van der Waals surface area contributed by atoms with Crippen molar-refractivity contribution in [2.45, 2.75) is 25.2 Å². The van der Waals surface area contributed by atoms with Crippen LogP contribution in [0.4, 0.5) is 0 Å². The van der Waals surface area contributed by atoms with E-state index in [1.807, 2.05) is 49.5 Å². The van der Waals surface area contributed by atoms with Crippen LogP contribution in [0.5, 0.6) is 11.5 Å². The summed E-state index contributed by atoms with van der Waals surface area (Å²) in [6, 6.07) is 13.2. The zero-order chi connectivity index (χ0) is 25.1. The van der Waals surface area contributed by atoms with Crippen LogP contribution < -0.4 is 9.47 Å². The number of carbonyl (C=O) groups is 1. The van der Waals surface area contributed by atoms with Crippen molar-refractivity contribution in [1.29, 1.82) is 0 Å². The molecule has 1 saturated carbocycles. The highest BCUT2D eigenvalue weighted by Gasteiger charge is 2.34. The molecule has 1 amide bonds. The highest BCUT2D eigenvalue weighted by atomic mass is 16.5. The molecule has 0 atom stereocenters. The number of likely N-dealkylation sites (N-methyl/N-ethyl adjacent to an activating group) is 1. The summed E-state index contributed by atoms with van der Waals surface area (Å²) in [5, 5.41) is 4.56. The number of pyridine rings is 1. The Morgan fingerprint density at radius 1 is 1.08 bits per heavy atom. The minimum Gasteiger partial charge on any atom is -0.497 e. The number of carbonyl (C=O) groups excluding carboxylic acids is 1. The molecule has 5 rings (SSSR count). The number of aromatic nitrogens is 5. The molecule has 0 unspecified atom stereocenters. The predicted molar refractivity (Wildman–Crippen MR) is 135 cm³/mol. The lowest BCUT2D eigenvalue weighted by atomic mass is 10.1. The summed E-state index contributed by atoms with van der Waals surface area (Å²) in [5.74, 6) is 1.98. The number of hydrogen-bond acceptors (Lipinski definition) is 7. The number of hydrogen-bond donors (Lipinski definition) is 0. The molecular formula is C27H28N6O3. The third-order valence-electron chi connectivity index (χ3n) is 6.29. The Morgan fingerprint density at radius 3 is 2.67 bits per heavy atom. The highest BCUT2D eigenvalue weighted by Crippen LogP contribution is 2.42. The molecule has 184 valence electrons. The second-order valence-corrected chi connectivity index (χ2v) is 8.74. The number of amides is 1. The first-order chi connectivity index (χ1) is 17.6. The zero-order valence-corrected chi connectivity index (χ0v) is 20.6. The first kappa shape index (κ1) is 23.5. The lowest BCUT2D eigenvalue weighted by molar-refractivity contribution is 0.0795. The molecule has 0 spiro atoms. The van der Waals surface area contributed by atoms with Crippen molar-refractivity contribution in [3.05, 3.63) is 78.0 Å². The molecule has 3 heterocycles. The standard InChI is InChI=1S/C27H28N6O3/c1-32(15-12-19-6-4-5-13-28-19)26(34)22-17-30-33(25(22)18-7-8-18)27-29-14-11-23(31-27)21-16-20(35-2)9-10-24(21)36-3/h4-6,9-11,13-14,16-18H,7-8,12,15H2,1-3H3. The molecule has 0 bridgehead atoms. The second kappa shape index (κ2) is 10.2.